The summed E-state index contributed by atoms with van der Waals surface area (Å²) >= 11 is 1.11. The number of nitrogens with one attached hydrogen (secondary N) is 1. The van der Waals surface area contributed by atoms with E-state index in [-0.39, 0.29) is 10.2 Å². The third kappa shape index (κ3) is 3.84. The summed E-state index contributed by atoms with van der Waals surface area (Å²) in [5.74, 6) is -0.828. The summed E-state index contributed by atoms with van der Waals surface area (Å²) in [6.45, 7) is 1.18. The first-order chi connectivity index (χ1) is 15.2. The summed E-state index contributed by atoms with van der Waals surface area (Å²) in [6.07, 6.45) is -4.65. The Morgan fingerprint density at radius 3 is 2.44 bits per heavy atom. The molecule has 1 amide bonds. The third-order valence-electron chi connectivity index (χ3n) is 4.92. The summed E-state index contributed by atoms with van der Waals surface area (Å²) in [6, 6.07) is 12.9. The molecule has 0 saturated heterocycles. The zero-order valence-corrected chi connectivity index (χ0v) is 17.5. The molecule has 164 valence electrons. The molecule has 0 atom stereocenters. The minimum Gasteiger partial charge on any atom is -0.324 e. The van der Waals surface area contributed by atoms with Crippen LogP contribution in [0.15, 0.2) is 69.6 Å². The highest BCUT2D eigenvalue weighted by Crippen LogP contribution is 2.34. The Morgan fingerprint density at radius 1 is 1.03 bits per heavy atom. The SMILES string of the molecule is Cc1ccccc1-n1c(=O)c2sccc2n(CC(=O)Nc2ccccc2C(F)(F)F)c1=O. The molecule has 0 aliphatic carbocycles. The van der Waals surface area contributed by atoms with Gasteiger partial charge in [0.05, 0.1) is 22.5 Å². The highest BCUT2D eigenvalue weighted by Gasteiger charge is 2.33. The summed E-state index contributed by atoms with van der Waals surface area (Å²) in [5, 5.41) is 3.84. The summed E-state index contributed by atoms with van der Waals surface area (Å²) in [5.41, 5.74) is -1.39. The summed E-state index contributed by atoms with van der Waals surface area (Å²) < 4.78 is 42.0. The lowest BCUT2D eigenvalue weighted by atomic mass is 10.1. The second kappa shape index (κ2) is 8.12. The van der Waals surface area contributed by atoms with Crippen LogP contribution in [0.25, 0.3) is 15.9 Å². The van der Waals surface area contributed by atoms with Crippen molar-refractivity contribution in [3.63, 3.8) is 0 Å². The average Bonchev–Trinajstić information content (AvgIpc) is 3.22. The first-order valence-electron chi connectivity index (χ1n) is 9.43. The van der Waals surface area contributed by atoms with E-state index < -0.39 is 41.1 Å². The lowest BCUT2D eigenvalue weighted by molar-refractivity contribution is -0.137. The van der Waals surface area contributed by atoms with Gasteiger partial charge in [-0.2, -0.15) is 13.2 Å². The average molecular weight is 459 g/mol. The molecule has 10 heteroatoms. The lowest BCUT2D eigenvalue weighted by Crippen LogP contribution is -2.40. The van der Waals surface area contributed by atoms with Crippen molar-refractivity contribution in [1.82, 2.24) is 9.13 Å². The van der Waals surface area contributed by atoms with Gasteiger partial charge in [-0.15, -0.1) is 11.3 Å². The lowest BCUT2D eigenvalue weighted by Gasteiger charge is -2.15. The molecule has 4 aromatic rings. The number of alkyl halides is 3. The normalized spacial score (nSPS) is 11.6. The van der Waals surface area contributed by atoms with Crippen LogP contribution in [0.4, 0.5) is 18.9 Å². The van der Waals surface area contributed by atoms with Gasteiger partial charge in [0.15, 0.2) is 0 Å². The molecule has 0 bridgehead atoms. The van der Waals surface area contributed by atoms with Gasteiger partial charge in [-0.3, -0.25) is 14.2 Å². The van der Waals surface area contributed by atoms with E-state index in [2.05, 4.69) is 5.32 Å². The first kappa shape index (κ1) is 21.6. The maximum Gasteiger partial charge on any atom is 0.418 e. The van der Waals surface area contributed by atoms with Crippen molar-refractivity contribution in [3.05, 3.63) is 91.9 Å². The molecule has 0 unspecified atom stereocenters. The van der Waals surface area contributed by atoms with E-state index >= 15 is 0 Å². The monoisotopic (exact) mass is 459 g/mol. The molecule has 4 rings (SSSR count). The zero-order valence-electron chi connectivity index (χ0n) is 16.6. The minimum absolute atomic E-state index is 0.245. The van der Waals surface area contributed by atoms with Crippen LogP contribution >= 0.6 is 11.3 Å². The number of benzene rings is 2. The number of nitrogens with zero attached hydrogens (tertiary/aromatic N) is 2. The predicted octanol–water partition coefficient (Wildman–Crippen LogP) is 4.18. The maximum atomic E-state index is 13.2. The highest BCUT2D eigenvalue weighted by molar-refractivity contribution is 7.17. The number of para-hydroxylation sites is 2. The molecule has 1 N–H and O–H groups in total. The van der Waals surface area contributed by atoms with Crippen LogP contribution < -0.4 is 16.6 Å². The molecular formula is C22H16F3N3O3S. The molecule has 0 saturated carbocycles. The minimum atomic E-state index is -4.65. The molecule has 0 fully saturated rings. The van der Waals surface area contributed by atoms with Crippen LogP contribution in [0, 0.1) is 6.92 Å². The number of carbonyl (C=O) groups excluding carboxylic acids is 1. The Morgan fingerprint density at radius 2 is 1.72 bits per heavy atom. The van der Waals surface area contributed by atoms with Gasteiger partial charge in [0, 0.05) is 0 Å². The van der Waals surface area contributed by atoms with Crippen molar-refractivity contribution < 1.29 is 18.0 Å². The molecule has 2 heterocycles. The van der Waals surface area contributed by atoms with Crippen molar-refractivity contribution in [2.75, 3.05) is 5.32 Å². The van der Waals surface area contributed by atoms with E-state index in [0.717, 1.165) is 32.6 Å². The number of carbonyl (C=O) groups is 1. The van der Waals surface area contributed by atoms with E-state index in [1.807, 2.05) is 0 Å². The quantitative estimate of drug-likeness (QED) is 0.498. The van der Waals surface area contributed by atoms with Crippen molar-refractivity contribution in [2.24, 2.45) is 0 Å². The third-order valence-corrected chi connectivity index (χ3v) is 5.81. The molecule has 6 nitrogen and oxygen atoms in total. The van der Waals surface area contributed by atoms with E-state index in [9.17, 15) is 27.6 Å². The summed E-state index contributed by atoms with van der Waals surface area (Å²) in [7, 11) is 0. The van der Waals surface area contributed by atoms with Crippen molar-refractivity contribution in [1.29, 1.82) is 0 Å². The number of hydrogen-bond donors (Lipinski definition) is 1. The molecular weight excluding hydrogens is 443 g/mol. The molecule has 2 aromatic carbocycles. The van der Waals surface area contributed by atoms with Crippen molar-refractivity contribution >= 4 is 33.1 Å². The number of amides is 1. The Hall–Kier alpha value is -3.66. The Labute approximate surface area is 183 Å². The summed E-state index contributed by atoms with van der Waals surface area (Å²) in [4.78, 5) is 38.9. The van der Waals surface area contributed by atoms with Crippen LogP contribution in [0.1, 0.15) is 11.1 Å². The number of rotatable bonds is 4. The number of anilines is 1. The van der Waals surface area contributed by atoms with E-state index in [0.29, 0.717) is 11.3 Å². The Balaban J connectivity index is 1.79. The second-order valence-electron chi connectivity index (χ2n) is 7.02. The van der Waals surface area contributed by atoms with E-state index in [1.54, 1.807) is 36.6 Å². The topological polar surface area (TPSA) is 73.1 Å². The standard InChI is InChI=1S/C22H16F3N3O3S/c1-13-6-2-5-9-16(13)28-20(30)19-17(10-11-32-19)27(21(28)31)12-18(29)26-15-8-4-3-7-14(15)22(23,24)25/h2-11H,12H2,1H3,(H,26,29). The molecule has 0 aliphatic rings. The highest BCUT2D eigenvalue weighted by atomic mass is 32.1. The van der Waals surface area contributed by atoms with Gasteiger partial charge in [-0.1, -0.05) is 30.3 Å². The molecule has 32 heavy (non-hydrogen) atoms. The van der Waals surface area contributed by atoms with Crippen molar-refractivity contribution in [3.8, 4) is 5.69 Å². The second-order valence-corrected chi connectivity index (χ2v) is 7.94. The van der Waals surface area contributed by atoms with Gasteiger partial charge in [-0.05, 0) is 42.1 Å². The smallest absolute Gasteiger partial charge is 0.324 e. The number of aromatic nitrogens is 2. The molecule has 0 radical (unpaired) electrons. The van der Waals surface area contributed by atoms with Crippen LogP contribution in [-0.2, 0) is 17.5 Å². The van der Waals surface area contributed by atoms with Gasteiger partial charge < -0.3 is 5.32 Å². The van der Waals surface area contributed by atoms with E-state index in [4.69, 9.17) is 0 Å². The fourth-order valence-corrected chi connectivity index (χ4v) is 4.26. The fourth-order valence-electron chi connectivity index (χ4n) is 3.44. The van der Waals surface area contributed by atoms with Crippen molar-refractivity contribution in [2.45, 2.75) is 19.6 Å². The van der Waals surface area contributed by atoms with Gasteiger partial charge in [0.2, 0.25) is 5.91 Å². The number of halogens is 3. The number of aryl methyl sites for hydroxylation is 1. The number of fused-ring (bicyclic) bond motifs is 1. The van der Waals surface area contributed by atoms with Crippen LogP contribution in [-0.4, -0.2) is 15.0 Å². The van der Waals surface area contributed by atoms with E-state index in [1.165, 1.54) is 18.2 Å². The first-order valence-corrected chi connectivity index (χ1v) is 10.3. The molecule has 0 spiro atoms. The van der Waals surface area contributed by atoms with Gasteiger partial charge >= 0.3 is 11.9 Å². The number of thiophene rings is 1. The van der Waals surface area contributed by atoms with Crippen LogP contribution in [0.5, 0.6) is 0 Å². The molecule has 0 aliphatic heterocycles. The van der Waals surface area contributed by atoms with Gasteiger partial charge in [0.25, 0.3) is 5.56 Å². The van der Waals surface area contributed by atoms with Gasteiger partial charge in [-0.25, -0.2) is 9.36 Å². The molecule has 2 aromatic heterocycles. The van der Waals surface area contributed by atoms with Crippen LogP contribution in [0.2, 0.25) is 0 Å². The number of hydrogen-bond acceptors (Lipinski definition) is 4. The zero-order chi connectivity index (χ0) is 23.0. The van der Waals surface area contributed by atoms with Crippen LogP contribution in [0.3, 0.4) is 0 Å². The fraction of sp³-hybridized carbons (Fsp3) is 0.136. The maximum absolute atomic E-state index is 13.2. The Kier molecular flexibility index (Phi) is 5.47. The van der Waals surface area contributed by atoms with Gasteiger partial charge in [0.1, 0.15) is 11.2 Å². The predicted molar refractivity (Wildman–Crippen MR) is 116 cm³/mol. The Bertz CT molecular complexity index is 1450. The largest absolute Gasteiger partial charge is 0.418 e.